The summed E-state index contributed by atoms with van der Waals surface area (Å²) in [4.78, 5) is 30.8. The second-order valence-corrected chi connectivity index (χ2v) is 8.98. The second-order valence-electron chi connectivity index (χ2n) is 7.48. The summed E-state index contributed by atoms with van der Waals surface area (Å²) < 4.78 is 6.04. The van der Waals surface area contributed by atoms with Gasteiger partial charge in [-0.15, -0.1) is 11.8 Å². The molecule has 6 nitrogen and oxygen atoms in total. The van der Waals surface area contributed by atoms with Gasteiger partial charge in [-0.2, -0.15) is 0 Å². The van der Waals surface area contributed by atoms with Gasteiger partial charge >= 0.3 is 0 Å². The van der Waals surface area contributed by atoms with E-state index in [0.29, 0.717) is 24.6 Å². The van der Waals surface area contributed by atoms with Gasteiger partial charge in [-0.3, -0.25) is 9.59 Å². The molecular formula is C19H25N3O3S. The Balaban J connectivity index is 1.40. The SMILES string of the molecule is C[C@@]12CCC(=O)N1[C@H](C(=O)NCc1cccnc1OC1CCCC1)CS2. The van der Waals surface area contributed by atoms with Crippen LogP contribution in [0.25, 0.3) is 0 Å². The molecule has 2 aliphatic heterocycles. The van der Waals surface area contributed by atoms with Crippen LogP contribution in [-0.2, 0) is 16.1 Å². The number of nitrogens with one attached hydrogen (secondary N) is 1. The number of carbonyl (C=O) groups excluding carboxylic acids is 2. The minimum Gasteiger partial charge on any atom is -0.474 e. The van der Waals surface area contributed by atoms with Gasteiger partial charge in [0.05, 0.1) is 4.87 Å². The average Bonchev–Trinajstić information content (AvgIpc) is 3.32. The maximum Gasteiger partial charge on any atom is 0.243 e. The van der Waals surface area contributed by atoms with Crippen LogP contribution in [-0.4, -0.2) is 44.5 Å². The Hall–Kier alpha value is -1.76. The first-order valence-corrected chi connectivity index (χ1v) is 10.4. The van der Waals surface area contributed by atoms with Crippen LogP contribution in [0.3, 0.4) is 0 Å². The number of fused-ring (bicyclic) bond motifs is 1. The summed E-state index contributed by atoms with van der Waals surface area (Å²) in [7, 11) is 0. The summed E-state index contributed by atoms with van der Waals surface area (Å²) in [6.45, 7) is 2.43. The monoisotopic (exact) mass is 375 g/mol. The molecule has 0 aromatic carbocycles. The van der Waals surface area contributed by atoms with Crippen molar-refractivity contribution in [1.82, 2.24) is 15.2 Å². The van der Waals surface area contributed by atoms with E-state index < -0.39 is 0 Å². The number of amides is 2. The number of thioether (sulfide) groups is 1. The molecule has 0 unspecified atom stereocenters. The number of aromatic nitrogens is 1. The number of nitrogens with zero attached hydrogens (tertiary/aromatic N) is 2. The molecule has 140 valence electrons. The maximum absolute atomic E-state index is 12.7. The van der Waals surface area contributed by atoms with E-state index in [-0.39, 0.29) is 28.8 Å². The highest BCUT2D eigenvalue weighted by atomic mass is 32.2. The van der Waals surface area contributed by atoms with E-state index >= 15 is 0 Å². The lowest BCUT2D eigenvalue weighted by molar-refractivity contribution is -0.138. The van der Waals surface area contributed by atoms with Gasteiger partial charge in [0.1, 0.15) is 12.1 Å². The first-order valence-electron chi connectivity index (χ1n) is 9.41. The highest BCUT2D eigenvalue weighted by molar-refractivity contribution is 8.01. The third-order valence-corrected chi connectivity index (χ3v) is 7.14. The normalized spacial score (nSPS) is 28.4. The molecule has 4 rings (SSSR count). The molecule has 7 heteroatoms. The van der Waals surface area contributed by atoms with E-state index in [1.165, 1.54) is 12.8 Å². The van der Waals surface area contributed by atoms with Crippen molar-refractivity contribution in [3.8, 4) is 5.88 Å². The molecule has 0 spiro atoms. The molecule has 1 aromatic rings. The maximum atomic E-state index is 12.7. The Kier molecular flexibility index (Phi) is 4.82. The van der Waals surface area contributed by atoms with Crippen molar-refractivity contribution in [3.63, 3.8) is 0 Å². The van der Waals surface area contributed by atoms with E-state index in [9.17, 15) is 9.59 Å². The van der Waals surface area contributed by atoms with Gasteiger partial charge in [-0.25, -0.2) is 4.98 Å². The van der Waals surface area contributed by atoms with Crippen molar-refractivity contribution in [2.24, 2.45) is 0 Å². The summed E-state index contributed by atoms with van der Waals surface area (Å²) in [5.74, 6) is 1.27. The fourth-order valence-electron chi connectivity index (χ4n) is 4.14. The smallest absolute Gasteiger partial charge is 0.243 e. The van der Waals surface area contributed by atoms with Crippen molar-refractivity contribution in [1.29, 1.82) is 0 Å². The Morgan fingerprint density at radius 3 is 3.08 bits per heavy atom. The average molecular weight is 375 g/mol. The topological polar surface area (TPSA) is 71.5 Å². The van der Waals surface area contributed by atoms with E-state index in [2.05, 4.69) is 17.2 Å². The van der Waals surface area contributed by atoms with Gasteiger partial charge in [0.15, 0.2) is 0 Å². The fourth-order valence-corrected chi connectivity index (χ4v) is 5.58. The molecule has 3 heterocycles. The van der Waals surface area contributed by atoms with E-state index in [1.54, 1.807) is 22.9 Å². The summed E-state index contributed by atoms with van der Waals surface area (Å²) >= 11 is 1.71. The molecule has 1 aromatic heterocycles. The summed E-state index contributed by atoms with van der Waals surface area (Å²) in [5, 5.41) is 2.99. The molecule has 2 amide bonds. The lowest BCUT2D eigenvalue weighted by atomic mass is 10.2. The van der Waals surface area contributed by atoms with Crippen molar-refractivity contribution in [3.05, 3.63) is 23.9 Å². The lowest BCUT2D eigenvalue weighted by Gasteiger charge is -2.29. The molecule has 2 saturated heterocycles. The van der Waals surface area contributed by atoms with Gasteiger partial charge in [0, 0.05) is 30.5 Å². The third kappa shape index (κ3) is 3.29. The molecule has 0 radical (unpaired) electrons. The number of ether oxygens (including phenoxy) is 1. The Labute approximate surface area is 158 Å². The number of pyridine rings is 1. The number of rotatable bonds is 5. The number of hydrogen-bond donors (Lipinski definition) is 1. The number of hydrogen-bond acceptors (Lipinski definition) is 5. The van der Waals surface area contributed by atoms with E-state index in [1.807, 2.05) is 12.1 Å². The summed E-state index contributed by atoms with van der Waals surface area (Å²) in [5.41, 5.74) is 0.883. The van der Waals surface area contributed by atoms with Gasteiger partial charge in [-0.05, 0) is 45.1 Å². The van der Waals surface area contributed by atoms with Gasteiger partial charge in [0.2, 0.25) is 17.7 Å². The zero-order valence-corrected chi connectivity index (χ0v) is 15.9. The van der Waals surface area contributed by atoms with Crippen LogP contribution in [0.1, 0.15) is 51.0 Å². The molecule has 3 aliphatic rings. The zero-order chi connectivity index (χ0) is 18.1. The standard InChI is InChI=1S/C19H25N3O3S/c1-19-9-8-16(23)22(19)15(12-26-19)17(24)21-11-13-5-4-10-20-18(13)25-14-6-2-3-7-14/h4-5,10,14-15H,2-3,6-9,11-12H2,1H3,(H,21,24)/t15-,19+/m0/s1. The summed E-state index contributed by atoms with van der Waals surface area (Å²) in [6.07, 6.45) is 7.84. The summed E-state index contributed by atoms with van der Waals surface area (Å²) in [6, 6.07) is 3.41. The van der Waals surface area contributed by atoms with Crippen LogP contribution in [0, 0.1) is 0 Å². The first-order chi connectivity index (χ1) is 12.6. The van der Waals surface area contributed by atoms with Crippen molar-refractivity contribution in [2.45, 2.75) is 69.0 Å². The van der Waals surface area contributed by atoms with Crippen LogP contribution >= 0.6 is 11.8 Å². The Bertz CT molecular complexity index is 707. The third-order valence-electron chi connectivity index (χ3n) is 5.63. The molecule has 1 N–H and O–H groups in total. The van der Waals surface area contributed by atoms with Gasteiger partial charge in [0.25, 0.3) is 0 Å². The molecule has 2 atom stereocenters. The van der Waals surface area contributed by atoms with Crippen molar-refractivity contribution < 1.29 is 14.3 Å². The molecule has 1 saturated carbocycles. The highest BCUT2D eigenvalue weighted by Gasteiger charge is 2.52. The van der Waals surface area contributed by atoms with E-state index in [0.717, 1.165) is 24.8 Å². The predicted molar refractivity (Wildman–Crippen MR) is 99.7 cm³/mol. The van der Waals surface area contributed by atoms with Crippen LogP contribution in [0.5, 0.6) is 5.88 Å². The van der Waals surface area contributed by atoms with Crippen LogP contribution < -0.4 is 10.1 Å². The largest absolute Gasteiger partial charge is 0.474 e. The first kappa shape index (κ1) is 17.6. The minimum absolute atomic E-state index is 0.0873. The fraction of sp³-hybridized carbons (Fsp3) is 0.632. The predicted octanol–water partition coefficient (Wildman–Crippen LogP) is 2.47. The lowest BCUT2D eigenvalue weighted by Crippen LogP contribution is -2.49. The van der Waals surface area contributed by atoms with E-state index in [4.69, 9.17) is 4.74 Å². The second kappa shape index (κ2) is 7.10. The molecule has 3 fully saturated rings. The number of carbonyl (C=O) groups is 2. The highest BCUT2D eigenvalue weighted by Crippen LogP contribution is 2.47. The minimum atomic E-state index is -0.379. The Morgan fingerprint density at radius 1 is 1.46 bits per heavy atom. The van der Waals surface area contributed by atoms with Crippen LogP contribution in [0.15, 0.2) is 18.3 Å². The van der Waals surface area contributed by atoms with Gasteiger partial charge in [-0.1, -0.05) is 6.07 Å². The Morgan fingerprint density at radius 2 is 2.27 bits per heavy atom. The zero-order valence-electron chi connectivity index (χ0n) is 15.1. The molecular weight excluding hydrogens is 350 g/mol. The van der Waals surface area contributed by atoms with Crippen LogP contribution in [0.4, 0.5) is 0 Å². The quantitative estimate of drug-likeness (QED) is 0.856. The van der Waals surface area contributed by atoms with Gasteiger partial charge < -0.3 is 15.0 Å². The molecule has 26 heavy (non-hydrogen) atoms. The molecule has 0 bridgehead atoms. The molecule has 1 aliphatic carbocycles. The van der Waals surface area contributed by atoms with Crippen molar-refractivity contribution in [2.75, 3.05) is 5.75 Å². The van der Waals surface area contributed by atoms with Crippen molar-refractivity contribution >= 4 is 23.6 Å². The van der Waals surface area contributed by atoms with Crippen LogP contribution in [0.2, 0.25) is 0 Å².